The number of nitrogen functional groups attached to an aromatic ring is 1. The van der Waals surface area contributed by atoms with Gasteiger partial charge < -0.3 is 16.2 Å². The van der Waals surface area contributed by atoms with E-state index in [2.05, 4.69) is 15.3 Å². The van der Waals surface area contributed by atoms with Gasteiger partial charge in [0.1, 0.15) is 0 Å². The summed E-state index contributed by atoms with van der Waals surface area (Å²) in [5.41, 5.74) is 6.94. The third-order valence-electron chi connectivity index (χ3n) is 2.67. The lowest BCUT2D eigenvalue weighted by atomic mass is 10.2. The van der Waals surface area contributed by atoms with E-state index < -0.39 is 5.97 Å². The van der Waals surface area contributed by atoms with E-state index in [0.29, 0.717) is 10.9 Å². The predicted octanol–water partition coefficient (Wildman–Crippen LogP) is 2.43. The number of carbonyl (C=O) groups is 1. The molecule has 0 aliphatic heterocycles. The fraction of sp³-hybridized carbons (Fsp3) is 0.250. The van der Waals surface area contributed by atoms with Crippen molar-refractivity contribution in [2.45, 2.75) is 20.3 Å². The summed E-state index contributed by atoms with van der Waals surface area (Å²) < 4.78 is 0. The van der Waals surface area contributed by atoms with Crippen molar-refractivity contribution in [3.05, 3.63) is 28.4 Å². The van der Waals surface area contributed by atoms with Crippen LogP contribution in [-0.2, 0) is 6.42 Å². The number of pyridine rings is 1. The van der Waals surface area contributed by atoms with Crippen molar-refractivity contribution in [3.8, 4) is 0 Å². The van der Waals surface area contributed by atoms with Crippen LogP contribution in [0.15, 0.2) is 12.3 Å². The number of aromatic carboxylic acids is 1. The Labute approximate surface area is 114 Å². The zero-order valence-electron chi connectivity index (χ0n) is 10.6. The van der Waals surface area contributed by atoms with Gasteiger partial charge in [-0.15, -0.1) is 11.3 Å². The Morgan fingerprint density at radius 3 is 2.89 bits per heavy atom. The third kappa shape index (κ3) is 2.65. The number of nitrogens with zero attached hydrogens (tertiary/aromatic N) is 2. The molecule has 100 valence electrons. The van der Waals surface area contributed by atoms with E-state index in [4.69, 9.17) is 10.8 Å². The molecule has 0 saturated heterocycles. The van der Waals surface area contributed by atoms with Crippen molar-refractivity contribution in [1.29, 1.82) is 0 Å². The van der Waals surface area contributed by atoms with Crippen LogP contribution in [0.4, 0.5) is 16.6 Å². The highest BCUT2D eigenvalue weighted by Gasteiger charge is 2.14. The summed E-state index contributed by atoms with van der Waals surface area (Å²) in [4.78, 5) is 20.6. The number of aryl methyl sites for hydroxylation is 2. The van der Waals surface area contributed by atoms with Crippen LogP contribution in [0.3, 0.4) is 0 Å². The molecule has 2 aromatic rings. The number of hydrogen-bond acceptors (Lipinski definition) is 6. The third-order valence-corrected chi connectivity index (χ3v) is 3.60. The van der Waals surface area contributed by atoms with E-state index in [1.54, 1.807) is 0 Å². The molecule has 0 aliphatic rings. The Kier molecular flexibility index (Phi) is 3.66. The monoisotopic (exact) mass is 278 g/mol. The number of carboxylic acids is 1. The van der Waals surface area contributed by atoms with Crippen molar-refractivity contribution in [1.82, 2.24) is 9.97 Å². The molecule has 2 rings (SSSR count). The Morgan fingerprint density at radius 2 is 2.32 bits per heavy atom. The second-order valence-electron chi connectivity index (χ2n) is 3.93. The first-order chi connectivity index (χ1) is 9.02. The minimum atomic E-state index is -1.08. The lowest BCUT2D eigenvalue weighted by molar-refractivity contribution is 0.0698. The Balaban J connectivity index is 2.33. The first kappa shape index (κ1) is 13.3. The van der Waals surface area contributed by atoms with Gasteiger partial charge in [0.15, 0.2) is 10.9 Å². The van der Waals surface area contributed by atoms with Crippen molar-refractivity contribution >= 4 is 33.9 Å². The molecular formula is C12H14N4O2S. The SMILES string of the molecule is CCc1nc(Nc2nccc(C(=O)O)c2N)sc1C. The predicted molar refractivity (Wildman–Crippen MR) is 75.1 cm³/mol. The summed E-state index contributed by atoms with van der Waals surface area (Å²) >= 11 is 1.49. The molecule has 0 bridgehead atoms. The summed E-state index contributed by atoms with van der Waals surface area (Å²) in [7, 11) is 0. The molecule has 0 amide bonds. The molecule has 2 heterocycles. The van der Waals surface area contributed by atoms with E-state index in [9.17, 15) is 4.79 Å². The average Bonchev–Trinajstić information content (AvgIpc) is 2.71. The van der Waals surface area contributed by atoms with Crippen LogP contribution in [0.5, 0.6) is 0 Å². The Hall–Kier alpha value is -2.15. The molecule has 0 atom stereocenters. The van der Waals surface area contributed by atoms with E-state index in [-0.39, 0.29) is 11.3 Å². The van der Waals surface area contributed by atoms with Crippen LogP contribution < -0.4 is 11.1 Å². The van der Waals surface area contributed by atoms with Crippen LogP contribution in [0.1, 0.15) is 27.9 Å². The zero-order chi connectivity index (χ0) is 14.0. The molecule has 19 heavy (non-hydrogen) atoms. The molecule has 0 aliphatic carbocycles. The quantitative estimate of drug-likeness (QED) is 0.794. The maximum atomic E-state index is 11.0. The van der Waals surface area contributed by atoms with Crippen LogP contribution in [-0.4, -0.2) is 21.0 Å². The highest BCUT2D eigenvalue weighted by atomic mass is 32.1. The fourth-order valence-corrected chi connectivity index (χ4v) is 2.57. The largest absolute Gasteiger partial charge is 0.478 e. The summed E-state index contributed by atoms with van der Waals surface area (Å²) in [5.74, 6) is -0.760. The van der Waals surface area contributed by atoms with E-state index in [0.717, 1.165) is 17.0 Å². The van der Waals surface area contributed by atoms with Crippen LogP contribution in [0, 0.1) is 6.92 Å². The number of hydrogen-bond donors (Lipinski definition) is 3. The minimum Gasteiger partial charge on any atom is -0.478 e. The first-order valence-electron chi connectivity index (χ1n) is 5.74. The standard InChI is InChI=1S/C12H14N4O2S/c1-3-8-6(2)19-12(15-8)16-10-9(13)7(11(17)18)4-5-14-10/h4-5H,3,13H2,1-2H3,(H,17,18)(H,14,15,16). The van der Waals surface area contributed by atoms with Crippen molar-refractivity contribution < 1.29 is 9.90 Å². The van der Waals surface area contributed by atoms with Gasteiger partial charge in [0.05, 0.1) is 16.9 Å². The maximum Gasteiger partial charge on any atom is 0.337 e. The van der Waals surface area contributed by atoms with E-state index in [1.165, 1.54) is 23.6 Å². The highest BCUT2D eigenvalue weighted by molar-refractivity contribution is 7.15. The smallest absolute Gasteiger partial charge is 0.337 e. The summed E-state index contributed by atoms with van der Waals surface area (Å²) in [6, 6.07) is 1.37. The Morgan fingerprint density at radius 1 is 1.58 bits per heavy atom. The average molecular weight is 278 g/mol. The number of rotatable bonds is 4. The van der Waals surface area contributed by atoms with Gasteiger partial charge in [-0.3, -0.25) is 0 Å². The number of thiazole rings is 1. The van der Waals surface area contributed by atoms with Crippen molar-refractivity contribution in [3.63, 3.8) is 0 Å². The van der Waals surface area contributed by atoms with Crippen molar-refractivity contribution in [2.24, 2.45) is 0 Å². The molecule has 6 nitrogen and oxygen atoms in total. The first-order valence-corrected chi connectivity index (χ1v) is 6.55. The highest BCUT2D eigenvalue weighted by Crippen LogP contribution is 2.28. The van der Waals surface area contributed by atoms with E-state index in [1.807, 2.05) is 13.8 Å². The lowest BCUT2D eigenvalue weighted by Crippen LogP contribution is -2.06. The van der Waals surface area contributed by atoms with Crippen LogP contribution in [0.25, 0.3) is 0 Å². The van der Waals surface area contributed by atoms with Gasteiger partial charge in [0.25, 0.3) is 0 Å². The normalized spacial score (nSPS) is 10.4. The number of nitrogens with two attached hydrogens (primary N) is 1. The molecule has 0 fully saturated rings. The number of nitrogens with one attached hydrogen (secondary N) is 1. The maximum absolute atomic E-state index is 11.0. The molecule has 0 radical (unpaired) electrons. The molecule has 0 spiro atoms. The van der Waals surface area contributed by atoms with Crippen LogP contribution >= 0.6 is 11.3 Å². The summed E-state index contributed by atoms with van der Waals surface area (Å²) in [6.45, 7) is 4.02. The van der Waals surface area contributed by atoms with Gasteiger partial charge in [-0.2, -0.15) is 0 Å². The minimum absolute atomic E-state index is 0.0292. The number of carboxylic acid groups (broad SMARTS) is 1. The second-order valence-corrected chi connectivity index (χ2v) is 5.13. The van der Waals surface area contributed by atoms with Gasteiger partial charge in [-0.05, 0) is 19.4 Å². The summed E-state index contributed by atoms with van der Waals surface area (Å²) in [5, 5.41) is 12.6. The molecule has 4 N–H and O–H groups in total. The molecule has 0 saturated carbocycles. The zero-order valence-corrected chi connectivity index (χ0v) is 11.4. The number of anilines is 3. The van der Waals surface area contributed by atoms with E-state index >= 15 is 0 Å². The molecular weight excluding hydrogens is 264 g/mol. The fourth-order valence-electron chi connectivity index (χ4n) is 1.67. The van der Waals surface area contributed by atoms with Gasteiger partial charge >= 0.3 is 5.97 Å². The van der Waals surface area contributed by atoms with Crippen molar-refractivity contribution in [2.75, 3.05) is 11.1 Å². The molecule has 0 unspecified atom stereocenters. The van der Waals surface area contributed by atoms with Gasteiger partial charge in [0.2, 0.25) is 0 Å². The summed E-state index contributed by atoms with van der Waals surface area (Å²) in [6.07, 6.45) is 2.26. The van der Waals surface area contributed by atoms with Gasteiger partial charge in [0, 0.05) is 11.1 Å². The second kappa shape index (κ2) is 5.23. The number of aromatic nitrogens is 2. The Bertz CT molecular complexity index is 624. The topological polar surface area (TPSA) is 101 Å². The van der Waals surface area contributed by atoms with Crippen LogP contribution in [0.2, 0.25) is 0 Å². The molecule has 7 heteroatoms. The van der Waals surface area contributed by atoms with Gasteiger partial charge in [-0.25, -0.2) is 14.8 Å². The lowest BCUT2D eigenvalue weighted by Gasteiger charge is -2.07. The molecule has 0 aromatic carbocycles. The molecule has 2 aromatic heterocycles. The van der Waals surface area contributed by atoms with Gasteiger partial charge in [-0.1, -0.05) is 6.92 Å².